The van der Waals surface area contributed by atoms with Gasteiger partial charge >= 0.3 is 0 Å². The molecule has 1 N–H and O–H groups in total. The fraction of sp³-hybridized carbons (Fsp3) is 0.700. The maximum absolute atomic E-state index is 3.67. The predicted octanol–water partition coefficient (Wildman–Crippen LogP) is 5.06. The summed E-state index contributed by atoms with van der Waals surface area (Å²) in [5, 5.41) is 3.67. The van der Waals surface area contributed by atoms with Crippen molar-refractivity contribution >= 4 is 0 Å². The summed E-state index contributed by atoms with van der Waals surface area (Å²) in [5.41, 5.74) is 2.03. The van der Waals surface area contributed by atoms with Crippen LogP contribution in [0.3, 0.4) is 0 Å². The fourth-order valence-electron chi connectivity index (χ4n) is 3.78. The summed E-state index contributed by atoms with van der Waals surface area (Å²) in [6, 6.07) is 11.6. The van der Waals surface area contributed by atoms with Gasteiger partial charge in [-0.2, -0.15) is 0 Å². The average Bonchev–Trinajstić information content (AvgIpc) is 2.44. The van der Waals surface area contributed by atoms with E-state index in [1.807, 2.05) is 0 Å². The Kier molecular flexibility index (Phi) is 5.87. The summed E-state index contributed by atoms with van der Waals surface area (Å²) < 4.78 is 0. The molecule has 2 rings (SSSR count). The van der Waals surface area contributed by atoms with Gasteiger partial charge in [-0.3, -0.25) is 0 Å². The summed E-state index contributed by atoms with van der Waals surface area (Å²) in [7, 11) is 0. The molecule has 0 bridgehead atoms. The molecular weight excluding hydrogens is 254 g/mol. The Bertz CT molecular complexity index is 405. The molecule has 0 aliphatic heterocycles. The van der Waals surface area contributed by atoms with Gasteiger partial charge in [-0.1, -0.05) is 58.0 Å². The first-order valence-corrected chi connectivity index (χ1v) is 8.73. The van der Waals surface area contributed by atoms with Crippen LogP contribution in [-0.4, -0.2) is 12.6 Å². The summed E-state index contributed by atoms with van der Waals surface area (Å²) >= 11 is 0. The van der Waals surface area contributed by atoms with Crippen molar-refractivity contribution in [1.29, 1.82) is 0 Å². The van der Waals surface area contributed by atoms with Gasteiger partial charge in [0.15, 0.2) is 0 Å². The lowest BCUT2D eigenvalue weighted by molar-refractivity contribution is 0.109. The summed E-state index contributed by atoms with van der Waals surface area (Å²) in [6.45, 7) is 10.6. The monoisotopic (exact) mass is 287 g/mol. The Morgan fingerprint density at radius 1 is 1.14 bits per heavy atom. The van der Waals surface area contributed by atoms with E-state index in [9.17, 15) is 0 Å². The molecule has 1 aliphatic rings. The number of hydrogen-bond acceptors (Lipinski definition) is 1. The lowest BCUT2D eigenvalue weighted by Gasteiger charge is -2.41. The first-order chi connectivity index (χ1) is 9.96. The Hall–Kier alpha value is -0.820. The topological polar surface area (TPSA) is 12.0 Å². The number of hydrogen-bond donors (Lipinski definition) is 1. The van der Waals surface area contributed by atoms with Crippen LogP contribution in [-0.2, 0) is 6.42 Å². The van der Waals surface area contributed by atoms with E-state index >= 15 is 0 Å². The van der Waals surface area contributed by atoms with Gasteiger partial charge in [0.2, 0.25) is 0 Å². The van der Waals surface area contributed by atoms with Crippen LogP contribution in [0.4, 0.5) is 0 Å². The molecule has 118 valence electrons. The molecule has 2 unspecified atom stereocenters. The van der Waals surface area contributed by atoms with Crippen LogP contribution in [0.2, 0.25) is 0 Å². The standard InChI is InChI=1S/C20H33N/c1-16(2)21-15-19-12-13-20(3,4)14-18(19)11-10-17-8-6-5-7-9-17/h5-9,16,18-19,21H,10-15H2,1-4H3. The molecule has 2 atom stereocenters. The van der Waals surface area contributed by atoms with E-state index in [1.54, 1.807) is 0 Å². The van der Waals surface area contributed by atoms with Gasteiger partial charge in [-0.15, -0.1) is 0 Å². The zero-order valence-corrected chi connectivity index (χ0v) is 14.4. The largest absolute Gasteiger partial charge is 0.314 e. The van der Waals surface area contributed by atoms with Gasteiger partial charge in [0.25, 0.3) is 0 Å². The fourth-order valence-corrected chi connectivity index (χ4v) is 3.78. The van der Waals surface area contributed by atoms with Crippen molar-refractivity contribution in [2.24, 2.45) is 17.3 Å². The maximum atomic E-state index is 3.67. The molecule has 1 aromatic carbocycles. The van der Waals surface area contributed by atoms with Gasteiger partial charge in [0, 0.05) is 6.04 Å². The Balaban J connectivity index is 1.93. The lowest BCUT2D eigenvalue weighted by Crippen LogP contribution is -2.38. The molecule has 0 saturated heterocycles. The number of rotatable bonds is 6. The molecule has 1 fully saturated rings. The van der Waals surface area contributed by atoms with Crippen LogP contribution in [0, 0.1) is 17.3 Å². The van der Waals surface area contributed by atoms with Crippen molar-refractivity contribution in [3.8, 4) is 0 Å². The third-order valence-electron chi connectivity index (χ3n) is 5.11. The third-order valence-corrected chi connectivity index (χ3v) is 5.11. The van der Waals surface area contributed by atoms with Gasteiger partial charge < -0.3 is 5.32 Å². The van der Waals surface area contributed by atoms with Gasteiger partial charge in [-0.25, -0.2) is 0 Å². The Morgan fingerprint density at radius 2 is 1.86 bits per heavy atom. The van der Waals surface area contributed by atoms with E-state index < -0.39 is 0 Å². The highest BCUT2D eigenvalue weighted by molar-refractivity contribution is 5.14. The molecule has 1 heteroatoms. The molecule has 0 amide bonds. The van der Waals surface area contributed by atoms with Crippen LogP contribution in [0.5, 0.6) is 0 Å². The van der Waals surface area contributed by atoms with E-state index in [-0.39, 0.29) is 0 Å². The summed E-state index contributed by atoms with van der Waals surface area (Å²) in [5.74, 6) is 1.74. The van der Waals surface area contributed by atoms with Crippen molar-refractivity contribution in [2.75, 3.05) is 6.54 Å². The SMILES string of the molecule is CC(C)NCC1CCC(C)(C)CC1CCc1ccccc1. The first-order valence-electron chi connectivity index (χ1n) is 8.73. The van der Waals surface area contributed by atoms with E-state index in [0.29, 0.717) is 11.5 Å². The van der Waals surface area contributed by atoms with Gasteiger partial charge in [0.1, 0.15) is 0 Å². The van der Waals surface area contributed by atoms with Crippen molar-refractivity contribution in [2.45, 2.75) is 65.8 Å². The molecule has 0 aromatic heterocycles. The van der Waals surface area contributed by atoms with E-state index in [0.717, 1.165) is 11.8 Å². The minimum Gasteiger partial charge on any atom is -0.314 e. The second-order valence-corrected chi connectivity index (χ2v) is 8.01. The molecular formula is C20H33N. The second kappa shape index (κ2) is 7.45. The van der Waals surface area contributed by atoms with Crippen LogP contribution in [0.1, 0.15) is 58.9 Å². The normalized spacial score (nSPS) is 25.2. The molecule has 1 aromatic rings. The third kappa shape index (κ3) is 5.47. The molecule has 1 aliphatic carbocycles. The lowest BCUT2D eigenvalue weighted by atomic mass is 9.65. The van der Waals surface area contributed by atoms with Crippen molar-refractivity contribution < 1.29 is 0 Å². The predicted molar refractivity (Wildman–Crippen MR) is 92.5 cm³/mol. The maximum Gasteiger partial charge on any atom is 0.00104 e. The van der Waals surface area contributed by atoms with Crippen LogP contribution in [0.15, 0.2) is 30.3 Å². The molecule has 1 nitrogen and oxygen atoms in total. The van der Waals surface area contributed by atoms with Crippen molar-refractivity contribution in [3.05, 3.63) is 35.9 Å². The number of nitrogens with one attached hydrogen (secondary N) is 1. The van der Waals surface area contributed by atoms with Gasteiger partial charge in [0.05, 0.1) is 0 Å². The molecule has 1 saturated carbocycles. The molecule has 21 heavy (non-hydrogen) atoms. The zero-order valence-electron chi connectivity index (χ0n) is 14.4. The van der Waals surface area contributed by atoms with Gasteiger partial charge in [-0.05, 0) is 61.5 Å². The molecule has 0 heterocycles. The highest BCUT2D eigenvalue weighted by Crippen LogP contribution is 2.43. The Morgan fingerprint density at radius 3 is 2.52 bits per heavy atom. The average molecular weight is 287 g/mol. The Labute approximate surface area is 131 Å². The highest BCUT2D eigenvalue weighted by atomic mass is 14.9. The van der Waals surface area contributed by atoms with Crippen molar-refractivity contribution in [1.82, 2.24) is 5.32 Å². The van der Waals surface area contributed by atoms with E-state index in [1.165, 1.54) is 44.2 Å². The van der Waals surface area contributed by atoms with E-state index in [2.05, 4.69) is 63.3 Å². The first kappa shape index (κ1) is 16.5. The quantitative estimate of drug-likeness (QED) is 0.771. The number of benzene rings is 1. The zero-order chi connectivity index (χ0) is 15.3. The smallest absolute Gasteiger partial charge is 0.00104 e. The second-order valence-electron chi connectivity index (χ2n) is 8.01. The molecule has 0 radical (unpaired) electrons. The highest BCUT2D eigenvalue weighted by Gasteiger charge is 2.34. The van der Waals surface area contributed by atoms with E-state index in [4.69, 9.17) is 0 Å². The van der Waals surface area contributed by atoms with Crippen LogP contribution >= 0.6 is 0 Å². The number of aryl methyl sites for hydroxylation is 1. The van der Waals surface area contributed by atoms with Crippen LogP contribution < -0.4 is 5.32 Å². The van der Waals surface area contributed by atoms with Crippen LogP contribution in [0.25, 0.3) is 0 Å². The minimum atomic E-state index is 0.537. The minimum absolute atomic E-state index is 0.537. The summed E-state index contributed by atoms with van der Waals surface area (Å²) in [6.07, 6.45) is 6.76. The van der Waals surface area contributed by atoms with Crippen molar-refractivity contribution in [3.63, 3.8) is 0 Å². The summed E-state index contributed by atoms with van der Waals surface area (Å²) in [4.78, 5) is 0. The molecule has 0 spiro atoms.